The molecule has 8 nitrogen and oxygen atoms in total. The molecule has 0 saturated heterocycles. The maximum atomic E-state index is 13.9. The van der Waals surface area contributed by atoms with Gasteiger partial charge in [0.15, 0.2) is 22.9 Å². The summed E-state index contributed by atoms with van der Waals surface area (Å²) in [5.74, 6) is -1.29. The number of amides is 1. The first-order valence-corrected chi connectivity index (χ1v) is 13.1. The molecule has 2 heterocycles. The Kier molecular flexibility index (Phi) is 8.33. The third-order valence-corrected chi connectivity index (χ3v) is 7.10. The number of aliphatic hydroxyl groups excluding tert-OH is 1. The molecule has 1 aromatic heterocycles. The average molecular weight is 540 g/mol. The lowest BCUT2D eigenvalue weighted by molar-refractivity contribution is -0.129. The highest BCUT2D eigenvalue weighted by atomic mass is 35.5. The van der Waals surface area contributed by atoms with Crippen LogP contribution < -0.4 is 9.64 Å². The van der Waals surface area contributed by atoms with E-state index in [9.17, 15) is 14.7 Å². The van der Waals surface area contributed by atoms with E-state index < -0.39 is 23.5 Å². The number of hydrogen-bond acceptors (Lipinski definition) is 7. The molecular formula is C29H34ClN3O5. The van der Waals surface area contributed by atoms with E-state index in [2.05, 4.69) is 18.7 Å². The van der Waals surface area contributed by atoms with Crippen molar-refractivity contribution in [3.63, 3.8) is 0 Å². The third-order valence-electron chi connectivity index (χ3n) is 6.88. The van der Waals surface area contributed by atoms with Crippen LogP contribution >= 0.6 is 11.6 Å². The minimum absolute atomic E-state index is 0.000405. The van der Waals surface area contributed by atoms with E-state index in [-0.39, 0.29) is 11.3 Å². The van der Waals surface area contributed by atoms with E-state index in [1.165, 1.54) is 7.11 Å². The number of furan rings is 1. The van der Waals surface area contributed by atoms with Crippen LogP contribution in [-0.2, 0) is 4.79 Å². The van der Waals surface area contributed by atoms with Crippen molar-refractivity contribution in [3.8, 4) is 5.75 Å². The summed E-state index contributed by atoms with van der Waals surface area (Å²) in [7, 11) is 5.41. The van der Waals surface area contributed by atoms with Crippen molar-refractivity contribution >= 4 is 39.9 Å². The molecule has 1 atom stereocenters. The zero-order valence-corrected chi connectivity index (χ0v) is 23.2. The molecule has 2 aromatic carbocycles. The Morgan fingerprint density at radius 3 is 2.42 bits per heavy atom. The number of hydrogen-bond donors (Lipinski definition) is 1. The van der Waals surface area contributed by atoms with Crippen molar-refractivity contribution in [2.24, 2.45) is 0 Å². The van der Waals surface area contributed by atoms with Crippen LogP contribution in [0, 0.1) is 0 Å². The molecule has 38 heavy (non-hydrogen) atoms. The zero-order chi connectivity index (χ0) is 27.6. The molecule has 202 valence electrons. The van der Waals surface area contributed by atoms with Crippen LogP contribution in [0.1, 0.15) is 42.4 Å². The van der Waals surface area contributed by atoms with Gasteiger partial charge in [0, 0.05) is 41.8 Å². The minimum Gasteiger partial charge on any atom is -0.503 e. The number of Topliss-reactive ketones (excluding diaryl/α,β-unsaturated/α-hetero) is 1. The van der Waals surface area contributed by atoms with Gasteiger partial charge < -0.3 is 29.0 Å². The summed E-state index contributed by atoms with van der Waals surface area (Å²) >= 11 is 6.20. The maximum absolute atomic E-state index is 13.9. The van der Waals surface area contributed by atoms with Crippen LogP contribution in [0.15, 0.2) is 58.2 Å². The molecular weight excluding hydrogens is 506 g/mol. The predicted octanol–water partition coefficient (Wildman–Crippen LogP) is 5.47. The van der Waals surface area contributed by atoms with Crippen LogP contribution in [0.25, 0.3) is 11.0 Å². The predicted molar refractivity (Wildman–Crippen MR) is 149 cm³/mol. The quantitative estimate of drug-likeness (QED) is 0.323. The fraction of sp³-hybridized carbons (Fsp3) is 0.379. The summed E-state index contributed by atoms with van der Waals surface area (Å²) < 4.78 is 11.3. The fourth-order valence-electron chi connectivity index (χ4n) is 4.96. The van der Waals surface area contributed by atoms with Gasteiger partial charge in [-0.2, -0.15) is 0 Å². The number of carbonyl (C=O) groups is 2. The SMILES string of the molecule is CCN(CC)c1ccc(C2C(C(=O)c3cc4cc(Cl)cc(OC)c4o3)=C(O)C(=O)N2CCCN(C)C)cc1. The standard InChI is InChI=1S/C29H34ClN3O5/c1-6-32(7-2)21-11-9-18(10-12-21)25-24(27(35)29(36)33(25)14-8-13-31(3)4)26(34)22-16-19-15-20(30)17-23(37-5)28(19)38-22/h9-12,15-17,25,35H,6-8,13-14H2,1-5H3. The van der Waals surface area contributed by atoms with Gasteiger partial charge in [-0.25, -0.2) is 0 Å². The van der Waals surface area contributed by atoms with E-state index >= 15 is 0 Å². The second-order valence-corrected chi connectivity index (χ2v) is 9.99. The topological polar surface area (TPSA) is 86.5 Å². The number of benzene rings is 2. The number of anilines is 1. The Morgan fingerprint density at radius 1 is 1.13 bits per heavy atom. The average Bonchev–Trinajstić information content (AvgIpc) is 3.43. The van der Waals surface area contributed by atoms with E-state index in [4.69, 9.17) is 20.8 Å². The summed E-state index contributed by atoms with van der Waals surface area (Å²) in [5.41, 5.74) is 2.15. The lowest BCUT2D eigenvalue weighted by Crippen LogP contribution is -2.33. The van der Waals surface area contributed by atoms with Crippen molar-refractivity contribution in [3.05, 3.63) is 70.1 Å². The summed E-state index contributed by atoms with van der Waals surface area (Å²) in [6.07, 6.45) is 0.682. The van der Waals surface area contributed by atoms with E-state index in [0.29, 0.717) is 34.7 Å². The van der Waals surface area contributed by atoms with Crippen LogP contribution in [0.4, 0.5) is 5.69 Å². The molecule has 0 saturated carbocycles. The number of carbonyl (C=O) groups excluding carboxylic acids is 2. The largest absolute Gasteiger partial charge is 0.503 e. The Balaban J connectivity index is 1.76. The smallest absolute Gasteiger partial charge is 0.290 e. The van der Waals surface area contributed by atoms with Crippen LogP contribution in [0.2, 0.25) is 5.02 Å². The number of halogens is 1. The fourth-order valence-corrected chi connectivity index (χ4v) is 5.18. The van der Waals surface area contributed by atoms with Crippen molar-refractivity contribution in [2.75, 3.05) is 52.3 Å². The Hall–Kier alpha value is -3.49. The Bertz CT molecular complexity index is 1360. The number of nitrogens with zero attached hydrogens (tertiary/aromatic N) is 3. The molecule has 3 aromatic rings. The summed E-state index contributed by atoms with van der Waals surface area (Å²) in [6, 6.07) is 11.9. The van der Waals surface area contributed by atoms with Crippen molar-refractivity contribution in [2.45, 2.75) is 26.3 Å². The number of rotatable bonds is 11. The summed E-state index contributed by atoms with van der Waals surface area (Å²) in [5, 5.41) is 12.0. The molecule has 9 heteroatoms. The highest BCUT2D eigenvalue weighted by Crippen LogP contribution is 2.41. The second-order valence-electron chi connectivity index (χ2n) is 9.55. The van der Waals surface area contributed by atoms with Gasteiger partial charge in [-0.3, -0.25) is 9.59 Å². The van der Waals surface area contributed by atoms with Crippen molar-refractivity contribution in [1.82, 2.24) is 9.80 Å². The normalized spacial score (nSPS) is 15.7. The molecule has 0 radical (unpaired) electrons. The minimum atomic E-state index is -0.749. The number of fused-ring (bicyclic) bond motifs is 1. The molecule has 0 aliphatic carbocycles. The second kappa shape index (κ2) is 11.5. The van der Waals surface area contributed by atoms with Gasteiger partial charge in [0.1, 0.15) is 0 Å². The maximum Gasteiger partial charge on any atom is 0.290 e. The summed E-state index contributed by atoms with van der Waals surface area (Å²) in [6.45, 7) is 7.03. The number of ketones is 1. The molecule has 1 amide bonds. The Labute approximate surface area is 228 Å². The first-order chi connectivity index (χ1) is 18.2. The van der Waals surface area contributed by atoms with Crippen LogP contribution in [0.3, 0.4) is 0 Å². The summed E-state index contributed by atoms with van der Waals surface area (Å²) in [4.78, 5) is 32.9. The number of ether oxygens (including phenoxy) is 1. The molecule has 1 aliphatic rings. The van der Waals surface area contributed by atoms with Crippen molar-refractivity contribution < 1.29 is 23.8 Å². The van der Waals surface area contributed by atoms with Crippen molar-refractivity contribution in [1.29, 1.82) is 0 Å². The van der Waals surface area contributed by atoms with Gasteiger partial charge in [-0.05, 0) is 70.7 Å². The number of methoxy groups -OCH3 is 1. The van der Waals surface area contributed by atoms with Gasteiger partial charge >= 0.3 is 0 Å². The third kappa shape index (κ3) is 5.24. The van der Waals surface area contributed by atoms with Crippen LogP contribution in [0.5, 0.6) is 5.75 Å². The van der Waals surface area contributed by atoms with E-state index in [0.717, 1.165) is 30.9 Å². The molecule has 0 fully saturated rings. The molecule has 0 spiro atoms. The first-order valence-electron chi connectivity index (χ1n) is 12.8. The monoisotopic (exact) mass is 539 g/mol. The lowest BCUT2D eigenvalue weighted by Gasteiger charge is -2.28. The molecule has 4 rings (SSSR count). The highest BCUT2D eigenvalue weighted by molar-refractivity contribution is 6.31. The van der Waals surface area contributed by atoms with Gasteiger partial charge in [-0.1, -0.05) is 23.7 Å². The molecule has 1 N–H and O–H groups in total. The molecule has 1 aliphatic heterocycles. The molecule has 0 bridgehead atoms. The van der Waals surface area contributed by atoms with Gasteiger partial charge in [0.05, 0.1) is 18.7 Å². The zero-order valence-electron chi connectivity index (χ0n) is 22.5. The van der Waals surface area contributed by atoms with Gasteiger partial charge in [-0.15, -0.1) is 0 Å². The Morgan fingerprint density at radius 2 is 1.82 bits per heavy atom. The van der Waals surface area contributed by atoms with E-state index in [1.807, 2.05) is 43.3 Å². The van der Waals surface area contributed by atoms with Gasteiger partial charge in [0.25, 0.3) is 5.91 Å². The molecule has 1 unspecified atom stereocenters. The highest BCUT2D eigenvalue weighted by Gasteiger charge is 2.44. The first kappa shape index (κ1) is 27.5. The lowest BCUT2D eigenvalue weighted by atomic mass is 9.94. The number of aliphatic hydroxyl groups is 1. The van der Waals surface area contributed by atoms with E-state index in [1.54, 1.807) is 23.1 Å². The van der Waals surface area contributed by atoms with Gasteiger partial charge in [0.2, 0.25) is 5.78 Å². The van der Waals surface area contributed by atoms with Crippen LogP contribution in [-0.4, -0.2) is 74.0 Å².